The van der Waals surface area contributed by atoms with Crippen LogP contribution in [0.4, 0.5) is 5.95 Å². The lowest BCUT2D eigenvalue weighted by atomic mass is 10.1. The van der Waals surface area contributed by atoms with Crippen molar-refractivity contribution in [2.24, 2.45) is 0 Å². The highest BCUT2D eigenvalue weighted by Gasteiger charge is 2.20. The number of aliphatic hydroxyl groups is 1. The Labute approximate surface area is 111 Å². The molecule has 0 saturated carbocycles. The van der Waals surface area contributed by atoms with E-state index in [1.165, 1.54) is 0 Å². The summed E-state index contributed by atoms with van der Waals surface area (Å²) in [5.74, 6) is 0.521. The number of hydrogen-bond donors (Lipinski definition) is 2. The second-order valence-corrected chi connectivity index (χ2v) is 4.88. The Morgan fingerprint density at radius 1 is 1.50 bits per heavy atom. The predicted octanol–water partition coefficient (Wildman–Crippen LogP) is 0.702. The molecule has 0 unspecified atom stereocenters. The van der Waals surface area contributed by atoms with Gasteiger partial charge in [-0.15, -0.1) is 10.2 Å². The van der Waals surface area contributed by atoms with Gasteiger partial charge in [0.2, 0.25) is 5.95 Å². The van der Waals surface area contributed by atoms with Crippen LogP contribution in [0.3, 0.4) is 0 Å². The van der Waals surface area contributed by atoms with E-state index >= 15 is 0 Å². The van der Waals surface area contributed by atoms with Crippen LogP contribution < -0.4 is 5.32 Å². The Morgan fingerprint density at radius 2 is 2.33 bits per heavy atom. The third-order valence-corrected chi connectivity index (χ3v) is 3.41. The predicted molar refractivity (Wildman–Crippen MR) is 69.7 cm³/mol. The zero-order valence-electron chi connectivity index (χ0n) is 10.4. The molecular weight excluding hydrogens is 254 g/mol. The molecule has 0 bridgehead atoms. The fraction of sp³-hybridized carbons (Fsp3) is 0.727. The maximum atomic E-state index is 8.95. The first-order chi connectivity index (χ1) is 8.69. The summed E-state index contributed by atoms with van der Waals surface area (Å²) in [6, 6.07) is 0.299. The zero-order valence-corrected chi connectivity index (χ0v) is 11.2. The number of halogens is 1. The van der Waals surface area contributed by atoms with Gasteiger partial charge in [0.25, 0.3) is 0 Å². The van der Waals surface area contributed by atoms with Gasteiger partial charge < -0.3 is 10.4 Å². The fourth-order valence-electron chi connectivity index (χ4n) is 2.15. The van der Waals surface area contributed by atoms with Gasteiger partial charge in [-0.2, -0.15) is 0 Å². The van der Waals surface area contributed by atoms with Crippen molar-refractivity contribution in [3.63, 3.8) is 0 Å². The summed E-state index contributed by atoms with van der Waals surface area (Å²) < 4.78 is 0. The van der Waals surface area contributed by atoms with Crippen molar-refractivity contribution in [2.75, 3.05) is 31.6 Å². The monoisotopic (exact) mass is 271 g/mol. The average Bonchev–Trinajstić information content (AvgIpc) is 2.35. The van der Waals surface area contributed by atoms with E-state index in [-0.39, 0.29) is 6.61 Å². The molecule has 0 radical (unpaired) electrons. The van der Waals surface area contributed by atoms with Crippen LogP contribution in [0.2, 0.25) is 5.15 Å². The maximum Gasteiger partial charge on any atom is 0.243 e. The van der Waals surface area contributed by atoms with Crippen LogP contribution in [0.1, 0.15) is 18.5 Å². The van der Waals surface area contributed by atoms with Gasteiger partial charge in [0.15, 0.2) is 5.15 Å². The highest BCUT2D eigenvalue weighted by atomic mass is 35.5. The molecule has 1 fully saturated rings. The van der Waals surface area contributed by atoms with Gasteiger partial charge in [-0.1, -0.05) is 11.6 Å². The normalized spacial score (nSPS) is 20.9. The van der Waals surface area contributed by atoms with Crippen molar-refractivity contribution in [1.82, 2.24) is 20.1 Å². The van der Waals surface area contributed by atoms with E-state index < -0.39 is 0 Å². The van der Waals surface area contributed by atoms with E-state index in [1.54, 1.807) is 6.92 Å². The van der Waals surface area contributed by atoms with Gasteiger partial charge in [-0.25, -0.2) is 4.98 Å². The number of nitrogens with zero attached hydrogens (tertiary/aromatic N) is 4. The second-order valence-electron chi connectivity index (χ2n) is 4.52. The van der Waals surface area contributed by atoms with E-state index in [0.717, 1.165) is 32.5 Å². The molecular formula is C11H18ClN5O. The number of aliphatic hydroxyl groups excluding tert-OH is 1. The molecule has 1 saturated heterocycles. The lowest BCUT2D eigenvalue weighted by Crippen LogP contribution is -2.43. The highest BCUT2D eigenvalue weighted by molar-refractivity contribution is 6.29. The van der Waals surface area contributed by atoms with Crippen molar-refractivity contribution in [2.45, 2.75) is 25.8 Å². The van der Waals surface area contributed by atoms with E-state index in [1.807, 2.05) is 0 Å². The third kappa shape index (κ3) is 3.51. The molecule has 6 nitrogen and oxygen atoms in total. The standard InChI is InChI=1S/C11H18ClN5O/c1-8-10(12)15-16-11(13-8)14-9-3-2-4-17(7-9)5-6-18/h9,18H,2-7H2,1H3,(H,13,14,16)/t9-/m1/s1. The molecule has 2 N–H and O–H groups in total. The number of anilines is 1. The van der Waals surface area contributed by atoms with Crippen LogP contribution >= 0.6 is 11.6 Å². The molecule has 0 spiro atoms. The first kappa shape index (κ1) is 13.5. The number of hydrogen-bond acceptors (Lipinski definition) is 6. The maximum absolute atomic E-state index is 8.95. The van der Waals surface area contributed by atoms with E-state index in [4.69, 9.17) is 16.7 Å². The smallest absolute Gasteiger partial charge is 0.243 e. The Balaban J connectivity index is 1.93. The van der Waals surface area contributed by atoms with Crippen LogP contribution in [0.15, 0.2) is 0 Å². The molecule has 1 aromatic heterocycles. The lowest BCUT2D eigenvalue weighted by molar-refractivity contribution is 0.166. The highest BCUT2D eigenvalue weighted by Crippen LogP contribution is 2.14. The topological polar surface area (TPSA) is 74.2 Å². The summed E-state index contributed by atoms with van der Waals surface area (Å²) in [6.07, 6.45) is 2.19. The van der Waals surface area contributed by atoms with Crippen molar-refractivity contribution in [3.05, 3.63) is 10.8 Å². The van der Waals surface area contributed by atoms with E-state index in [9.17, 15) is 0 Å². The Bertz CT molecular complexity index is 401. The minimum Gasteiger partial charge on any atom is -0.395 e. The van der Waals surface area contributed by atoms with Crippen molar-refractivity contribution in [3.8, 4) is 0 Å². The number of nitrogens with one attached hydrogen (secondary N) is 1. The van der Waals surface area contributed by atoms with Crippen molar-refractivity contribution >= 4 is 17.5 Å². The van der Waals surface area contributed by atoms with Crippen LogP contribution in [0, 0.1) is 6.92 Å². The minimum absolute atomic E-state index is 0.199. The van der Waals surface area contributed by atoms with Crippen molar-refractivity contribution < 1.29 is 5.11 Å². The lowest BCUT2D eigenvalue weighted by Gasteiger charge is -2.32. The largest absolute Gasteiger partial charge is 0.395 e. The third-order valence-electron chi connectivity index (χ3n) is 3.06. The molecule has 18 heavy (non-hydrogen) atoms. The summed E-state index contributed by atoms with van der Waals surface area (Å²) in [6.45, 7) is 4.66. The molecule has 2 rings (SSSR count). The SMILES string of the molecule is Cc1nc(N[C@@H]2CCCN(CCO)C2)nnc1Cl. The molecule has 1 aliphatic rings. The zero-order chi connectivity index (χ0) is 13.0. The minimum atomic E-state index is 0.199. The molecule has 0 aliphatic carbocycles. The first-order valence-corrected chi connectivity index (χ1v) is 6.53. The van der Waals surface area contributed by atoms with Gasteiger partial charge in [0.1, 0.15) is 0 Å². The number of aryl methyl sites for hydroxylation is 1. The summed E-state index contributed by atoms with van der Waals surface area (Å²) in [5, 5.41) is 20.3. The summed E-state index contributed by atoms with van der Waals surface area (Å²) in [5.41, 5.74) is 0.678. The van der Waals surface area contributed by atoms with Crippen molar-refractivity contribution in [1.29, 1.82) is 0 Å². The number of aromatic nitrogens is 3. The van der Waals surface area contributed by atoms with Gasteiger partial charge in [0.05, 0.1) is 12.3 Å². The molecule has 100 valence electrons. The average molecular weight is 272 g/mol. The molecule has 1 aromatic rings. The van der Waals surface area contributed by atoms with E-state index in [0.29, 0.717) is 22.8 Å². The molecule has 0 aromatic carbocycles. The van der Waals surface area contributed by atoms with E-state index in [2.05, 4.69) is 25.4 Å². The van der Waals surface area contributed by atoms with Crippen LogP contribution in [0.5, 0.6) is 0 Å². The quantitative estimate of drug-likeness (QED) is 0.840. The fourth-order valence-corrected chi connectivity index (χ4v) is 2.23. The second kappa shape index (κ2) is 6.26. The summed E-state index contributed by atoms with van der Waals surface area (Å²) in [7, 11) is 0. The molecule has 2 heterocycles. The molecule has 7 heteroatoms. The molecule has 0 amide bonds. The summed E-state index contributed by atoms with van der Waals surface area (Å²) in [4.78, 5) is 6.49. The van der Waals surface area contributed by atoms with Gasteiger partial charge in [0, 0.05) is 19.1 Å². The van der Waals surface area contributed by atoms with Crippen LogP contribution in [-0.2, 0) is 0 Å². The van der Waals surface area contributed by atoms with Gasteiger partial charge in [-0.05, 0) is 26.3 Å². The Morgan fingerprint density at radius 3 is 3.06 bits per heavy atom. The summed E-state index contributed by atoms with van der Waals surface area (Å²) >= 11 is 5.79. The Hall–Kier alpha value is -0.980. The molecule has 1 atom stereocenters. The molecule has 1 aliphatic heterocycles. The van der Waals surface area contributed by atoms with Gasteiger partial charge >= 0.3 is 0 Å². The number of likely N-dealkylation sites (tertiary alicyclic amines) is 1. The van der Waals surface area contributed by atoms with Crippen LogP contribution in [0.25, 0.3) is 0 Å². The Kier molecular flexibility index (Phi) is 4.68. The van der Waals surface area contributed by atoms with Gasteiger partial charge in [-0.3, -0.25) is 4.90 Å². The first-order valence-electron chi connectivity index (χ1n) is 6.15. The number of rotatable bonds is 4. The number of piperidine rings is 1. The van der Waals surface area contributed by atoms with Crippen LogP contribution in [-0.4, -0.2) is 57.5 Å². The number of β-amino-alcohol motifs (C(OH)–C–C–N with tert-alkyl or cyclic N) is 1.